The van der Waals surface area contributed by atoms with Crippen LogP contribution in [0.15, 0.2) is 36.9 Å². The molecule has 4 heteroatoms. The summed E-state index contributed by atoms with van der Waals surface area (Å²) in [6.45, 7) is 9.80. The zero-order chi connectivity index (χ0) is 17.5. The average Bonchev–Trinajstić information content (AvgIpc) is 2.79. The van der Waals surface area contributed by atoms with E-state index in [1.165, 1.54) is 0 Å². The molecule has 3 rings (SSSR count). The maximum Gasteiger partial charge on any atom is 0.410 e. The van der Waals surface area contributed by atoms with E-state index in [1.807, 2.05) is 56.0 Å². The molecule has 1 aromatic carbocycles. The Morgan fingerprint density at radius 3 is 2.25 bits per heavy atom. The molecule has 1 N–H and O–H groups in total. The van der Waals surface area contributed by atoms with Crippen molar-refractivity contribution in [2.45, 2.75) is 69.7 Å². The van der Waals surface area contributed by atoms with Crippen molar-refractivity contribution in [3.63, 3.8) is 0 Å². The van der Waals surface area contributed by atoms with Crippen molar-refractivity contribution in [3.05, 3.63) is 42.5 Å². The first-order chi connectivity index (χ1) is 11.2. The van der Waals surface area contributed by atoms with E-state index in [0.29, 0.717) is 12.8 Å². The number of nitrogens with zero attached hydrogens (tertiary/aromatic N) is 1. The molecule has 130 valence electrons. The van der Waals surface area contributed by atoms with Gasteiger partial charge in [0.1, 0.15) is 5.60 Å². The summed E-state index contributed by atoms with van der Waals surface area (Å²) >= 11 is 0. The summed E-state index contributed by atoms with van der Waals surface area (Å²) < 4.78 is 5.55. The van der Waals surface area contributed by atoms with Crippen LogP contribution in [0, 0.1) is 0 Å². The standard InChI is InChI=1S/C20H27NO3/c1-14(15-8-6-5-7-9-15)20(23)12-16-10-11-17(13-20)21(16)18(22)24-19(2,3)4/h5-9,16-17,23H,1,10-13H2,2-4H3. The van der Waals surface area contributed by atoms with E-state index in [0.717, 1.165) is 24.0 Å². The number of fused-ring (bicyclic) bond motifs is 2. The van der Waals surface area contributed by atoms with Crippen LogP contribution in [0.3, 0.4) is 0 Å². The van der Waals surface area contributed by atoms with Crippen LogP contribution in [0.4, 0.5) is 4.79 Å². The van der Waals surface area contributed by atoms with Crippen molar-refractivity contribution in [3.8, 4) is 0 Å². The second-order valence-electron chi connectivity index (χ2n) is 8.06. The van der Waals surface area contributed by atoms with Crippen molar-refractivity contribution in [1.29, 1.82) is 0 Å². The smallest absolute Gasteiger partial charge is 0.410 e. The minimum Gasteiger partial charge on any atom is -0.444 e. The van der Waals surface area contributed by atoms with Crippen LogP contribution in [-0.4, -0.2) is 39.4 Å². The number of hydrogen-bond acceptors (Lipinski definition) is 3. The number of benzene rings is 1. The number of ether oxygens (including phenoxy) is 1. The van der Waals surface area contributed by atoms with E-state index in [2.05, 4.69) is 6.58 Å². The Kier molecular flexibility index (Phi) is 4.20. The van der Waals surface area contributed by atoms with Gasteiger partial charge >= 0.3 is 6.09 Å². The predicted octanol–water partition coefficient (Wildman–Crippen LogP) is 3.99. The molecule has 2 aliphatic heterocycles. The number of carbonyl (C=O) groups excluding carboxylic acids is 1. The van der Waals surface area contributed by atoms with E-state index in [1.54, 1.807) is 0 Å². The molecular weight excluding hydrogens is 302 g/mol. The fraction of sp³-hybridized carbons (Fsp3) is 0.550. The molecule has 24 heavy (non-hydrogen) atoms. The SMILES string of the molecule is C=C(c1ccccc1)C1(O)CC2CCC(C1)N2C(=O)OC(C)(C)C. The van der Waals surface area contributed by atoms with Crippen molar-refractivity contribution < 1.29 is 14.6 Å². The van der Waals surface area contributed by atoms with Crippen LogP contribution in [0.1, 0.15) is 52.0 Å². The molecule has 0 spiro atoms. The third kappa shape index (κ3) is 3.20. The molecule has 2 fully saturated rings. The number of amides is 1. The maximum absolute atomic E-state index is 12.5. The lowest BCUT2D eigenvalue weighted by molar-refractivity contribution is -0.0306. The molecule has 0 radical (unpaired) electrons. The van der Waals surface area contributed by atoms with Crippen LogP contribution < -0.4 is 0 Å². The van der Waals surface area contributed by atoms with Gasteiger partial charge in [0.2, 0.25) is 0 Å². The third-order valence-electron chi connectivity index (χ3n) is 5.05. The Labute approximate surface area is 144 Å². The molecule has 2 unspecified atom stereocenters. The summed E-state index contributed by atoms with van der Waals surface area (Å²) in [5.41, 5.74) is 0.262. The van der Waals surface area contributed by atoms with Crippen molar-refractivity contribution in [2.75, 3.05) is 0 Å². The van der Waals surface area contributed by atoms with Crippen molar-refractivity contribution in [2.24, 2.45) is 0 Å². The Bertz CT molecular complexity index is 618. The summed E-state index contributed by atoms with van der Waals surface area (Å²) in [6.07, 6.45) is 2.61. The van der Waals surface area contributed by atoms with Crippen LogP contribution in [0.25, 0.3) is 5.57 Å². The van der Waals surface area contributed by atoms with Crippen molar-refractivity contribution in [1.82, 2.24) is 4.90 Å². The molecule has 0 aliphatic carbocycles. The Hall–Kier alpha value is -1.81. The van der Waals surface area contributed by atoms with Crippen molar-refractivity contribution >= 4 is 11.7 Å². The van der Waals surface area contributed by atoms with E-state index < -0.39 is 11.2 Å². The molecule has 2 atom stereocenters. The highest BCUT2D eigenvalue weighted by Crippen LogP contribution is 2.46. The fourth-order valence-electron chi connectivity index (χ4n) is 3.99. The van der Waals surface area contributed by atoms with Gasteiger partial charge in [-0.3, -0.25) is 0 Å². The van der Waals surface area contributed by atoms with Crippen LogP contribution in [-0.2, 0) is 4.74 Å². The zero-order valence-corrected chi connectivity index (χ0v) is 14.8. The molecule has 2 bridgehead atoms. The largest absolute Gasteiger partial charge is 0.444 e. The summed E-state index contributed by atoms with van der Waals surface area (Å²) in [5, 5.41) is 11.2. The highest BCUT2D eigenvalue weighted by molar-refractivity contribution is 5.73. The molecule has 0 aromatic heterocycles. The Balaban J connectivity index is 1.77. The van der Waals surface area contributed by atoms with Crippen LogP contribution in [0.2, 0.25) is 0 Å². The second-order valence-corrected chi connectivity index (χ2v) is 8.06. The molecule has 4 nitrogen and oxygen atoms in total. The normalized spacial score (nSPS) is 29.4. The van der Waals surface area contributed by atoms with E-state index in [9.17, 15) is 9.90 Å². The second kappa shape index (κ2) is 5.92. The van der Waals surface area contributed by atoms with Gasteiger partial charge in [0.25, 0.3) is 0 Å². The number of piperidine rings is 1. The molecule has 1 aromatic rings. The minimum absolute atomic E-state index is 0.0177. The first-order valence-corrected chi connectivity index (χ1v) is 8.68. The van der Waals surface area contributed by atoms with Gasteiger partial charge in [-0.25, -0.2) is 4.79 Å². The first kappa shape index (κ1) is 17.0. The van der Waals surface area contributed by atoms with Gasteiger partial charge in [-0.2, -0.15) is 0 Å². The van der Waals surface area contributed by atoms with Gasteiger partial charge in [-0.05, 0) is 44.7 Å². The van der Waals surface area contributed by atoms with Gasteiger partial charge in [-0.1, -0.05) is 36.9 Å². The van der Waals surface area contributed by atoms with E-state index >= 15 is 0 Å². The average molecular weight is 329 g/mol. The van der Waals surface area contributed by atoms with E-state index in [-0.39, 0.29) is 18.2 Å². The summed E-state index contributed by atoms with van der Waals surface area (Å²) in [6, 6.07) is 9.84. The quantitative estimate of drug-likeness (QED) is 0.892. The zero-order valence-electron chi connectivity index (χ0n) is 14.8. The van der Waals surface area contributed by atoms with Gasteiger partial charge in [0.05, 0.1) is 5.60 Å². The summed E-state index contributed by atoms with van der Waals surface area (Å²) in [5.74, 6) is 0. The number of hydrogen-bond donors (Lipinski definition) is 1. The monoisotopic (exact) mass is 329 g/mol. The minimum atomic E-state index is -0.953. The van der Waals surface area contributed by atoms with Crippen LogP contribution >= 0.6 is 0 Å². The summed E-state index contributed by atoms with van der Waals surface area (Å²) in [4.78, 5) is 14.4. The van der Waals surface area contributed by atoms with Crippen LogP contribution in [0.5, 0.6) is 0 Å². The molecule has 2 saturated heterocycles. The Morgan fingerprint density at radius 1 is 1.21 bits per heavy atom. The molecule has 2 heterocycles. The van der Waals surface area contributed by atoms with Gasteiger partial charge in [-0.15, -0.1) is 0 Å². The predicted molar refractivity (Wildman–Crippen MR) is 94.5 cm³/mol. The molecule has 1 amide bonds. The maximum atomic E-state index is 12.5. The third-order valence-corrected chi connectivity index (χ3v) is 5.05. The number of aliphatic hydroxyl groups is 1. The lowest BCUT2D eigenvalue weighted by Gasteiger charge is -2.44. The lowest BCUT2D eigenvalue weighted by Crippen LogP contribution is -2.54. The fourth-order valence-corrected chi connectivity index (χ4v) is 3.99. The lowest BCUT2D eigenvalue weighted by atomic mass is 9.78. The Morgan fingerprint density at radius 2 is 1.75 bits per heavy atom. The molecule has 0 saturated carbocycles. The first-order valence-electron chi connectivity index (χ1n) is 8.68. The summed E-state index contributed by atoms with van der Waals surface area (Å²) in [7, 11) is 0. The molecule has 2 aliphatic rings. The number of rotatable bonds is 2. The number of carbonyl (C=O) groups is 1. The van der Waals surface area contributed by atoms with Gasteiger partial charge < -0.3 is 14.7 Å². The highest BCUT2D eigenvalue weighted by Gasteiger charge is 2.51. The van der Waals surface area contributed by atoms with Gasteiger partial charge in [0, 0.05) is 24.9 Å². The van der Waals surface area contributed by atoms with E-state index in [4.69, 9.17) is 4.74 Å². The molecular formula is C20H27NO3. The topological polar surface area (TPSA) is 49.8 Å². The highest BCUT2D eigenvalue weighted by atomic mass is 16.6. The van der Waals surface area contributed by atoms with Gasteiger partial charge in [0.15, 0.2) is 0 Å².